The summed E-state index contributed by atoms with van der Waals surface area (Å²) >= 11 is 0. The molecular weight excluding hydrogens is 204 g/mol. The van der Waals surface area contributed by atoms with Crippen molar-refractivity contribution in [1.82, 2.24) is 0 Å². The van der Waals surface area contributed by atoms with Crippen LogP contribution in [0.5, 0.6) is 0 Å². The molecule has 0 radical (unpaired) electrons. The van der Waals surface area contributed by atoms with Crippen LogP contribution in [0.1, 0.15) is 59.8 Å². The molecule has 0 fully saturated rings. The van der Waals surface area contributed by atoms with Gasteiger partial charge in [-0.3, -0.25) is 4.79 Å². The number of carbonyl (C=O) groups is 1. The molecule has 0 heterocycles. The minimum absolute atomic E-state index is 0.272. The van der Waals surface area contributed by atoms with E-state index in [4.69, 9.17) is 4.74 Å². The second-order valence-electron chi connectivity index (χ2n) is 4.53. The van der Waals surface area contributed by atoms with Gasteiger partial charge >= 0.3 is 5.97 Å². The van der Waals surface area contributed by atoms with Gasteiger partial charge in [0.2, 0.25) is 0 Å². The van der Waals surface area contributed by atoms with Gasteiger partial charge in [-0.05, 0) is 26.7 Å². The lowest BCUT2D eigenvalue weighted by Gasteiger charge is -2.30. The Hall–Kier alpha value is -0.570. The normalized spacial score (nSPS) is 16.6. The van der Waals surface area contributed by atoms with E-state index in [1.165, 1.54) is 0 Å². The highest BCUT2D eigenvalue weighted by atomic mass is 16.5. The van der Waals surface area contributed by atoms with Gasteiger partial charge in [0.1, 0.15) is 0 Å². The zero-order valence-electron chi connectivity index (χ0n) is 11.1. The number of aliphatic hydroxyl groups is 1. The van der Waals surface area contributed by atoms with Crippen molar-refractivity contribution >= 4 is 5.97 Å². The number of hydrogen-bond donors (Lipinski definition) is 1. The summed E-state index contributed by atoms with van der Waals surface area (Å²) in [5.74, 6) is -0.671. The molecule has 0 bridgehead atoms. The first-order valence-corrected chi connectivity index (χ1v) is 6.38. The Kier molecular flexibility index (Phi) is 7.39. The molecule has 2 unspecified atom stereocenters. The van der Waals surface area contributed by atoms with Gasteiger partial charge in [0, 0.05) is 0 Å². The molecule has 0 spiro atoms. The van der Waals surface area contributed by atoms with Crippen molar-refractivity contribution < 1.29 is 14.6 Å². The number of esters is 1. The zero-order valence-corrected chi connectivity index (χ0v) is 11.1. The largest absolute Gasteiger partial charge is 0.466 e. The van der Waals surface area contributed by atoms with Gasteiger partial charge in [-0.2, -0.15) is 0 Å². The van der Waals surface area contributed by atoms with E-state index < -0.39 is 11.5 Å². The maximum Gasteiger partial charge on any atom is 0.311 e. The fraction of sp³-hybridized carbons (Fsp3) is 0.923. The van der Waals surface area contributed by atoms with E-state index >= 15 is 0 Å². The zero-order chi connectivity index (χ0) is 12.6. The number of unbranched alkanes of at least 4 members (excludes halogenated alkanes) is 2. The van der Waals surface area contributed by atoms with Crippen LogP contribution in [0.25, 0.3) is 0 Å². The first-order chi connectivity index (χ1) is 7.49. The first kappa shape index (κ1) is 15.4. The van der Waals surface area contributed by atoms with Crippen molar-refractivity contribution in [3.05, 3.63) is 0 Å². The van der Waals surface area contributed by atoms with Crippen LogP contribution in [0.4, 0.5) is 0 Å². The highest BCUT2D eigenvalue weighted by Crippen LogP contribution is 2.27. The lowest BCUT2D eigenvalue weighted by atomic mass is 9.83. The monoisotopic (exact) mass is 230 g/mol. The predicted octanol–water partition coefficient (Wildman–Crippen LogP) is 2.91. The molecule has 16 heavy (non-hydrogen) atoms. The average molecular weight is 230 g/mol. The minimum Gasteiger partial charge on any atom is -0.466 e. The van der Waals surface area contributed by atoms with Crippen LogP contribution >= 0.6 is 0 Å². The van der Waals surface area contributed by atoms with Crippen molar-refractivity contribution in [1.29, 1.82) is 0 Å². The molecule has 3 nitrogen and oxygen atoms in total. The molecule has 0 aromatic heterocycles. The Bertz CT molecular complexity index is 199. The standard InChI is InChI=1S/C13H26O3/c1-5-8-9-10-13(4,15)11(6-2)12(14)16-7-3/h11,15H,5-10H2,1-4H3. The van der Waals surface area contributed by atoms with Gasteiger partial charge in [-0.15, -0.1) is 0 Å². The molecule has 0 amide bonds. The lowest BCUT2D eigenvalue weighted by Crippen LogP contribution is -2.40. The van der Waals surface area contributed by atoms with Gasteiger partial charge in [-0.1, -0.05) is 33.1 Å². The third-order valence-electron chi connectivity index (χ3n) is 3.02. The van der Waals surface area contributed by atoms with Crippen LogP contribution in [0.15, 0.2) is 0 Å². The van der Waals surface area contributed by atoms with E-state index in [0.717, 1.165) is 19.3 Å². The average Bonchev–Trinajstić information content (AvgIpc) is 2.18. The van der Waals surface area contributed by atoms with Gasteiger partial charge in [-0.25, -0.2) is 0 Å². The quantitative estimate of drug-likeness (QED) is 0.515. The Morgan fingerprint density at radius 1 is 1.31 bits per heavy atom. The van der Waals surface area contributed by atoms with E-state index in [9.17, 15) is 9.90 Å². The molecule has 2 atom stereocenters. The molecule has 0 saturated carbocycles. The second-order valence-corrected chi connectivity index (χ2v) is 4.53. The Morgan fingerprint density at radius 2 is 1.94 bits per heavy atom. The van der Waals surface area contributed by atoms with Crippen LogP contribution in [0, 0.1) is 5.92 Å². The summed E-state index contributed by atoms with van der Waals surface area (Å²) < 4.78 is 4.99. The summed E-state index contributed by atoms with van der Waals surface area (Å²) in [5, 5.41) is 10.3. The third kappa shape index (κ3) is 4.97. The van der Waals surface area contributed by atoms with E-state index in [1.54, 1.807) is 13.8 Å². The molecule has 3 heteroatoms. The van der Waals surface area contributed by atoms with Crippen LogP contribution < -0.4 is 0 Å². The van der Waals surface area contributed by atoms with Gasteiger partial charge in [0.25, 0.3) is 0 Å². The Balaban J connectivity index is 4.34. The van der Waals surface area contributed by atoms with Crippen LogP contribution in [-0.4, -0.2) is 23.3 Å². The number of hydrogen-bond acceptors (Lipinski definition) is 3. The van der Waals surface area contributed by atoms with Gasteiger partial charge in [0.05, 0.1) is 18.1 Å². The molecule has 0 aliphatic carbocycles. The summed E-state index contributed by atoms with van der Waals surface area (Å²) in [5.41, 5.74) is -0.934. The summed E-state index contributed by atoms with van der Waals surface area (Å²) in [6, 6.07) is 0. The lowest BCUT2D eigenvalue weighted by molar-refractivity contribution is -0.158. The van der Waals surface area contributed by atoms with Crippen molar-refractivity contribution in [3.63, 3.8) is 0 Å². The highest BCUT2D eigenvalue weighted by Gasteiger charge is 2.36. The summed E-state index contributed by atoms with van der Waals surface area (Å²) in [6.45, 7) is 7.94. The molecule has 0 aromatic rings. The fourth-order valence-electron chi connectivity index (χ4n) is 2.01. The smallest absolute Gasteiger partial charge is 0.311 e. The van der Waals surface area contributed by atoms with Crippen molar-refractivity contribution in [3.8, 4) is 0 Å². The molecule has 96 valence electrons. The predicted molar refractivity (Wildman–Crippen MR) is 65.2 cm³/mol. The van der Waals surface area contributed by atoms with Crippen molar-refractivity contribution in [2.45, 2.75) is 65.4 Å². The molecule has 1 N–H and O–H groups in total. The molecule has 0 rings (SSSR count). The number of ether oxygens (including phenoxy) is 1. The van der Waals surface area contributed by atoms with E-state index in [0.29, 0.717) is 19.4 Å². The van der Waals surface area contributed by atoms with Crippen molar-refractivity contribution in [2.24, 2.45) is 5.92 Å². The van der Waals surface area contributed by atoms with Crippen LogP contribution in [0.2, 0.25) is 0 Å². The van der Waals surface area contributed by atoms with Gasteiger partial charge < -0.3 is 9.84 Å². The SMILES string of the molecule is CCCCCC(C)(O)C(CC)C(=O)OCC. The van der Waals surface area contributed by atoms with Crippen LogP contribution in [0.3, 0.4) is 0 Å². The molecule has 0 saturated heterocycles. The minimum atomic E-state index is -0.934. The summed E-state index contributed by atoms with van der Waals surface area (Å²) in [7, 11) is 0. The summed E-state index contributed by atoms with van der Waals surface area (Å²) in [4.78, 5) is 11.7. The van der Waals surface area contributed by atoms with E-state index in [2.05, 4.69) is 6.92 Å². The topological polar surface area (TPSA) is 46.5 Å². The van der Waals surface area contributed by atoms with Crippen molar-refractivity contribution in [2.75, 3.05) is 6.61 Å². The maximum absolute atomic E-state index is 11.7. The molecule has 0 aliphatic rings. The Morgan fingerprint density at radius 3 is 2.38 bits per heavy atom. The maximum atomic E-state index is 11.7. The molecule has 0 aromatic carbocycles. The highest BCUT2D eigenvalue weighted by molar-refractivity contribution is 5.73. The second kappa shape index (κ2) is 7.66. The first-order valence-electron chi connectivity index (χ1n) is 6.38. The molecule has 0 aliphatic heterocycles. The van der Waals surface area contributed by atoms with E-state index in [-0.39, 0.29) is 5.97 Å². The molecular formula is C13H26O3. The van der Waals surface area contributed by atoms with E-state index in [1.807, 2.05) is 6.92 Å². The number of carbonyl (C=O) groups excluding carboxylic acids is 1. The fourth-order valence-corrected chi connectivity index (χ4v) is 2.01. The van der Waals surface area contributed by atoms with Crippen LogP contribution in [-0.2, 0) is 9.53 Å². The Labute approximate surface area is 99.2 Å². The number of rotatable bonds is 8. The van der Waals surface area contributed by atoms with Gasteiger partial charge in [0.15, 0.2) is 0 Å². The third-order valence-corrected chi connectivity index (χ3v) is 3.02. The summed E-state index contributed by atoms with van der Waals surface area (Å²) in [6.07, 6.45) is 4.46.